The molecule has 116 valence electrons. The van der Waals surface area contributed by atoms with E-state index in [2.05, 4.69) is 10.3 Å². The van der Waals surface area contributed by atoms with Crippen LogP contribution in [0.1, 0.15) is 22.8 Å². The number of amides is 1. The minimum atomic E-state index is -0.218. The van der Waals surface area contributed by atoms with Gasteiger partial charge in [0.15, 0.2) is 0 Å². The molecule has 0 fully saturated rings. The summed E-state index contributed by atoms with van der Waals surface area (Å²) in [5.41, 5.74) is 1.61. The van der Waals surface area contributed by atoms with Crippen LogP contribution in [0.3, 0.4) is 0 Å². The Labute approximate surface area is 130 Å². The first-order chi connectivity index (χ1) is 10.7. The molecule has 0 aliphatic rings. The summed E-state index contributed by atoms with van der Waals surface area (Å²) >= 11 is 0. The zero-order chi connectivity index (χ0) is 15.8. The summed E-state index contributed by atoms with van der Waals surface area (Å²) in [5.74, 6) is 0.919. The van der Waals surface area contributed by atoms with Crippen molar-refractivity contribution in [3.8, 4) is 11.6 Å². The molecule has 5 nitrogen and oxygen atoms in total. The fourth-order valence-electron chi connectivity index (χ4n) is 1.88. The van der Waals surface area contributed by atoms with Crippen LogP contribution in [0.15, 0.2) is 42.6 Å². The molecule has 0 unspecified atom stereocenters. The number of benzene rings is 1. The first-order valence-electron chi connectivity index (χ1n) is 7.26. The van der Waals surface area contributed by atoms with Gasteiger partial charge >= 0.3 is 0 Å². The second-order valence-electron chi connectivity index (χ2n) is 4.71. The number of pyridine rings is 1. The van der Waals surface area contributed by atoms with Crippen LogP contribution in [0.25, 0.3) is 0 Å². The molecule has 1 amide bonds. The quantitative estimate of drug-likeness (QED) is 0.798. The second-order valence-corrected chi connectivity index (χ2v) is 4.71. The third-order valence-corrected chi connectivity index (χ3v) is 2.97. The number of hydrogen-bond donors (Lipinski definition) is 1. The van der Waals surface area contributed by atoms with Crippen LogP contribution >= 0.6 is 0 Å². The molecule has 0 saturated heterocycles. The maximum atomic E-state index is 12.1. The van der Waals surface area contributed by atoms with Gasteiger partial charge in [-0.1, -0.05) is 17.7 Å². The van der Waals surface area contributed by atoms with Crippen LogP contribution < -0.4 is 14.8 Å². The van der Waals surface area contributed by atoms with Crippen molar-refractivity contribution in [3.05, 3.63) is 53.7 Å². The van der Waals surface area contributed by atoms with Gasteiger partial charge in [-0.25, -0.2) is 4.98 Å². The predicted molar refractivity (Wildman–Crippen MR) is 84.4 cm³/mol. The summed E-state index contributed by atoms with van der Waals surface area (Å²) in [5, 5.41) is 2.80. The Morgan fingerprint density at radius 1 is 1.18 bits per heavy atom. The van der Waals surface area contributed by atoms with Gasteiger partial charge in [-0.3, -0.25) is 4.79 Å². The highest BCUT2D eigenvalue weighted by atomic mass is 16.5. The van der Waals surface area contributed by atoms with Crippen molar-refractivity contribution >= 4 is 5.91 Å². The Morgan fingerprint density at radius 2 is 1.95 bits per heavy atom. The number of aryl methyl sites for hydroxylation is 1. The third kappa shape index (κ3) is 4.48. The van der Waals surface area contributed by atoms with Gasteiger partial charge < -0.3 is 14.8 Å². The monoisotopic (exact) mass is 300 g/mol. The van der Waals surface area contributed by atoms with Crippen LogP contribution in [0.5, 0.6) is 11.6 Å². The fraction of sp³-hybridized carbons (Fsp3) is 0.294. The Morgan fingerprint density at radius 3 is 2.68 bits per heavy atom. The zero-order valence-electron chi connectivity index (χ0n) is 12.8. The Kier molecular flexibility index (Phi) is 5.77. The Balaban J connectivity index is 1.81. The molecule has 2 rings (SSSR count). The second kappa shape index (κ2) is 8.02. The number of rotatable bonds is 7. The fourth-order valence-corrected chi connectivity index (χ4v) is 1.88. The maximum absolute atomic E-state index is 12.1. The van der Waals surface area contributed by atoms with Crippen molar-refractivity contribution in [2.75, 3.05) is 19.8 Å². The van der Waals surface area contributed by atoms with Crippen molar-refractivity contribution in [3.63, 3.8) is 0 Å². The average Bonchev–Trinajstić information content (AvgIpc) is 2.54. The van der Waals surface area contributed by atoms with Gasteiger partial charge in [-0.15, -0.1) is 0 Å². The molecule has 1 N–H and O–H groups in total. The number of nitrogens with one attached hydrogen (secondary N) is 1. The van der Waals surface area contributed by atoms with Crippen LogP contribution in [0.4, 0.5) is 0 Å². The van der Waals surface area contributed by atoms with E-state index >= 15 is 0 Å². The van der Waals surface area contributed by atoms with E-state index in [1.165, 1.54) is 5.56 Å². The molecule has 5 heteroatoms. The molecule has 0 aliphatic carbocycles. The van der Waals surface area contributed by atoms with Gasteiger partial charge in [-0.2, -0.15) is 0 Å². The van der Waals surface area contributed by atoms with E-state index in [-0.39, 0.29) is 5.91 Å². The van der Waals surface area contributed by atoms with Gasteiger partial charge in [-0.05, 0) is 38.1 Å². The van der Waals surface area contributed by atoms with E-state index in [1.807, 2.05) is 38.1 Å². The molecule has 0 saturated carbocycles. The molecular weight excluding hydrogens is 280 g/mol. The molecular formula is C17H20N2O3. The summed E-state index contributed by atoms with van der Waals surface area (Å²) in [6.07, 6.45) is 1.60. The minimum Gasteiger partial charge on any atom is -0.492 e. The topological polar surface area (TPSA) is 60.5 Å². The Bertz CT molecular complexity index is 612. The highest BCUT2D eigenvalue weighted by Gasteiger charge is 2.12. The molecule has 0 spiro atoms. The van der Waals surface area contributed by atoms with Crippen molar-refractivity contribution in [2.45, 2.75) is 13.8 Å². The normalized spacial score (nSPS) is 10.1. The number of hydrogen-bond acceptors (Lipinski definition) is 4. The van der Waals surface area contributed by atoms with Crippen molar-refractivity contribution in [1.82, 2.24) is 10.3 Å². The van der Waals surface area contributed by atoms with E-state index in [0.29, 0.717) is 31.2 Å². The first kappa shape index (κ1) is 15.8. The molecule has 1 aromatic heterocycles. The van der Waals surface area contributed by atoms with E-state index in [9.17, 15) is 4.79 Å². The lowest BCUT2D eigenvalue weighted by molar-refractivity contribution is 0.0942. The van der Waals surface area contributed by atoms with Crippen LogP contribution in [0, 0.1) is 6.92 Å². The summed E-state index contributed by atoms with van der Waals surface area (Å²) < 4.78 is 10.9. The lowest BCUT2D eigenvalue weighted by Gasteiger charge is -2.10. The number of aromatic nitrogens is 1. The van der Waals surface area contributed by atoms with Crippen LogP contribution in [-0.4, -0.2) is 30.6 Å². The third-order valence-electron chi connectivity index (χ3n) is 2.97. The molecule has 1 aromatic carbocycles. The van der Waals surface area contributed by atoms with E-state index in [4.69, 9.17) is 9.47 Å². The number of ether oxygens (including phenoxy) is 2. The molecule has 2 aromatic rings. The largest absolute Gasteiger partial charge is 0.492 e. The summed E-state index contributed by atoms with van der Waals surface area (Å²) in [7, 11) is 0. The smallest absolute Gasteiger partial charge is 0.256 e. The molecule has 0 aliphatic heterocycles. The molecule has 0 radical (unpaired) electrons. The molecule has 0 bridgehead atoms. The average molecular weight is 300 g/mol. The molecule has 0 atom stereocenters. The first-order valence-corrected chi connectivity index (χ1v) is 7.26. The lowest BCUT2D eigenvalue weighted by Crippen LogP contribution is -2.28. The van der Waals surface area contributed by atoms with E-state index < -0.39 is 0 Å². The van der Waals surface area contributed by atoms with Gasteiger partial charge in [0.25, 0.3) is 5.91 Å². The number of nitrogens with zero attached hydrogens (tertiary/aromatic N) is 1. The van der Waals surface area contributed by atoms with Crippen molar-refractivity contribution in [1.29, 1.82) is 0 Å². The standard InChI is InChI=1S/C17H20N2O3/c1-3-21-17-15(5-4-10-19-17)16(20)18-11-12-22-14-8-6-13(2)7-9-14/h4-10H,3,11-12H2,1-2H3,(H,18,20). The summed E-state index contributed by atoms with van der Waals surface area (Å²) in [6, 6.07) is 11.2. The zero-order valence-corrected chi connectivity index (χ0v) is 12.8. The summed E-state index contributed by atoms with van der Waals surface area (Å²) in [6.45, 7) is 5.15. The van der Waals surface area contributed by atoms with Gasteiger partial charge in [0.1, 0.15) is 17.9 Å². The molecule has 1 heterocycles. The number of carbonyl (C=O) groups is 1. The summed E-state index contributed by atoms with van der Waals surface area (Å²) in [4.78, 5) is 16.2. The minimum absolute atomic E-state index is 0.218. The highest BCUT2D eigenvalue weighted by Crippen LogP contribution is 2.14. The Hall–Kier alpha value is -2.56. The van der Waals surface area contributed by atoms with Gasteiger partial charge in [0, 0.05) is 6.20 Å². The van der Waals surface area contributed by atoms with E-state index in [0.717, 1.165) is 5.75 Å². The predicted octanol–water partition coefficient (Wildman–Crippen LogP) is 2.60. The van der Waals surface area contributed by atoms with Crippen LogP contribution in [0.2, 0.25) is 0 Å². The lowest BCUT2D eigenvalue weighted by atomic mass is 10.2. The maximum Gasteiger partial charge on any atom is 0.256 e. The van der Waals surface area contributed by atoms with Crippen molar-refractivity contribution < 1.29 is 14.3 Å². The number of carbonyl (C=O) groups excluding carboxylic acids is 1. The van der Waals surface area contributed by atoms with Gasteiger partial charge in [0.05, 0.1) is 13.2 Å². The van der Waals surface area contributed by atoms with Gasteiger partial charge in [0.2, 0.25) is 5.88 Å². The molecule has 22 heavy (non-hydrogen) atoms. The highest BCUT2D eigenvalue weighted by molar-refractivity contribution is 5.96. The van der Waals surface area contributed by atoms with Crippen LogP contribution in [-0.2, 0) is 0 Å². The van der Waals surface area contributed by atoms with Crippen molar-refractivity contribution in [2.24, 2.45) is 0 Å². The van der Waals surface area contributed by atoms with E-state index in [1.54, 1.807) is 18.3 Å². The SMILES string of the molecule is CCOc1ncccc1C(=O)NCCOc1ccc(C)cc1.